The van der Waals surface area contributed by atoms with Gasteiger partial charge in [-0.3, -0.25) is 9.59 Å². The molecule has 41 heavy (non-hydrogen) atoms. The Hall–Kier alpha value is -5.12. The first-order chi connectivity index (χ1) is 20.1. The molecule has 0 unspecified atom stereocenters. The van der Waals surface area contributed by atoms with Crippen LogP contribution in [0, 0.1) is 0 Å². The van der Waals surface area contributed by atoms with Crippen LogP contribution in [0.1, 0.15) is 43.0 Å². The Morgan fingerprint density at radius 2 is 1.37 bits per heavy atom. The number of hydrogen-bond acceptors (Lipinski definition) is 8. The van der Waals surface area contributed by atoms with Gasteiger partial charge in [0.15, 0.2) is 0 Å². The molecule has 0 radical (unpaired) electrons. The largest absolute Gasteiger partial charge is 0.489 e. The second-order valence-corrected chi connectivity index (χ2v) is 9.37. The molecule has 0 aliphatic heterocycles. The van der Waals surface area contributed by atoms with Crippen LogP contribution in [0.5, 0.6) is 11.5 Å². The van der Waals surface area contributed by atoms with E-state index < -0.39 is 0 Å². The molecule has 0 bridgehead atoms. The van der Waals surface area contributed by atoms with E-state index in [1.54, 1.807) is 65.5 Å². The monoisotopic (exact) mass is 549 g/mol. The average molecular weight is 550 g/mol. The van der Waals surface area contributed by atoms with Gasteiger partial charge in [0.1, 0.15) is 43.0 Å². The molecule has 0 saturated carbocycles. The quantitative estimate of drug-likeness (QED) is 0.215. The van der Waals surface area contributed by atoms with Crippen LogP contribution in [-0.2, 0) is 26.4 Å². The Morgan fingerprint density at radius 1 is 0.683 bits per heavy atom. The van der Waals surface area contributed by atoms with Crippen molar-refractivity contribution < 1.29 is 29.3 Å². The maximum Gasteiger partial charge on any atom is 0.150 e. The molecule has 0 aliphatic carbocycles. The van der Waals surface area contributed by atoms with E-state index in [1.807, 2.05) is 30.3 Å². The van der Waals surface area contributed by atoms with E-state index in [2.05, 4.69) is 10.3 Å². The van der Waals surface area contributed by atoms with E-state index in [9.17, 15) is 19.8 Å². The number of aliphatic hydroxyl groups excluding tert-OH is 2. The third-order valence-electron chi connectivity index (χ3n) is 6.32. The van der Waals surface area contributed by atoms with Crippen molar-refractivity contribution in [1.29, 1.82) is 0 Å². The highest BCUT2D eigenvalue weighted by Gasteiger charge is 2.12. The van der Waals surface area contributed by atoms with Crippen molar-refractivity contribution in [2.75, 3.05) is 0 Å². The van der Waals surface area contributed by atoms with Gasteiger partial charge in [0.05, 0.1) is 25.1 Å². The summed E-state index contributed by atoms with van der Waals surface area (Å²) in [6.07, 6.45) is 3.24. The number of benzene rings is 4. The van der Waals surface area contributed by atoms with Crippen LogP contribution in [0.15, 0.2) is 91.1 Å². The summed E-state index contributed by atoms with van der Waals surface area (Å²) in [6, 6.07) is 25.0. The van der Waals surface area contributed by atoms with Crippen molar-refractivity contribution in [2.45, 2.75) is 26.4 Å². The van der Waals surface area contributed by atoms with Crippen molar-refractivity contribution in [3.05, 3.63) is 125 Å². The molecule has 0 spiro atoms. The molecular weight excluding hydrogens is 522 g/mol. The van der Waals surface area contributed by atoms with Crippen molar-refractivity contribution >= 4 is 12.6 Å². The molecule has 0 saturated heterocycles. The van der Waals surface area contributed by atoms with Crippen LogP contribution in [0.4, 0.5) is 0 Å². The van der Waals surface area contributed by atoms with E-state index in [1.165, 1.54) is 0 Å². The zero-order chi connectivity index (χ0) is 28.6. The number of aromatic nitrogens is 3. The third kappa shape index (κ3) is 6.91. The molecule has 206 valence electrons. The second-order valence-electron chi connectivity index (χ2n) is 9.37. The fourth-order valence-electron chi connectivity index (χ4n) is 4.30. The van der Waals surface area contributed by atoms with Crippen LogP contribution < -0.4 is 9.47 Å². The summed E-state index contributed by atoms with van der Waals surface area (Å²) in [6.45, 7) is 0.247. The molecular formula is C32H27N3O6. The number of carbonyl (C=O) groups is 2. The van der Waals surface area contributed by atoms with Gasteiger partial charge in [0.25, 0.3) is 0 Å². The zero-order valence-electron chi connectivity index (χ0n) is 22.0. The van der Waals surface area contributed by atoms with Crippen LogP contribution in [-0.4, -0.2) is 37.8 Å². The maximum atomic E-state index is 11.7. The first kappa shape index (κ1) is 27.4. The first-order valence-electron chi connectivity index (χ1n) is 12.8. The summed E-state index contributed by atoms with van der Waals surface area (Å²) in [7, 11) is 0. The summed E-state index contributed by atoms with van der Waals surface area (Å²) in [5.41, 5.74) is 5.91. The molecule has 0 amide bonds. The molecule has 0 fully saturated rings. The Morgan fingerprint density at radius 3 is 2.10 bits per heavy atom. The smallest absolute Gasteiger partial charge is 0.150 e. The standard InChI is InChI=1S/C32H27N3O6/c36-16-22-3-1-5-24(7-22)20-40-30-11-26(18-38)9-28(13-30)32-15-35(34-33-32)29-10-27(19-39)12-31(14-29)41-21-25-6-2-4-23(8-25)17-37/h1-15,17-18,36,39H,16,19-21H2. The second kappa shape index (κ2) is 12.8. The fraction of sp³-hybridized carbons (Fsp3) is 0.125. The Kier molecular flexibility index (Phi) is 8.58. The molecule has 2 N–H and O–H groups in total. The van der Waals surface area contributed by atoms with Crippen LogP contribution in [0.3, 0.4) is 0 Å². The predicted octanol–water partition coefficient (Wildman–Crippen LogP) is 4.70. The molecule has 1 heterocycles. The highest BCUT2D eigenvalue weighted by Crippen LogP contribution is 2.27. The number of aliphatic hydroxyl groups is 2. The Balaban J connectivity index is 1.36. The molecule has 9 nitrogen and oxygen atoms in total. The summed E-state index contributed by atoms with van der Waals surface area (Å²) >= 11 is 0. The highest BCUT2D eigenvalue weighted by atomic mass is 16.5. The number of nitrogens with zero attached hydrogens (tertiary/aromatic N) is 3. The lowest BCUT2D eigenvalue weighted by atomic mass is 10.1. The highest BCUT2D eigenvalue weighted by molar-refractivity contribution is 5.79. The summed E-state index contributed by atoms with van der Waals surface area (Å²) in [5.74, 6) is 1.01. The van der Waals surface area contributed by atoms with E-state index in [-0.39, 0.29) is 26.4 Å². The summed E-state index contributed by atoms with van der Waals surface area (Å²) < 4.78 is 13.5. The SMILES string of the molecule is O=Cc1cccc(COc2cc(CO)cc(-n3cc(-c4cc(C=O)cc(OCc5cccc(CO)c5)c4)nn3)c2)c1. The molecule has 0 atom stereocenters. The lowest BCUT2D eigenvalue weighted by Crippen LogP contribution is -2.01. The Bertz CT molecular complexity index is 1680. The van der Waals surface area contributed by atoms with E-state index in [0.717, 1.165) is 29.3 Å². The molecule has 0 aliphatic rings. The number of aldehydes is 2. The molecule has 5 aromatic rings. The number of rotatable bonds is 12. The lowest BCUT2D eigenvalue weighted by molar-refractivity contribution is 0.111. The first-order valence-corrected chi connectivity index (χ1v) is 12.8. The van der Waals surface area contributed by atoms with Crippen LogP contribution in [0.25, 0.3) is 16.9 Å². The van der Waals surface area contributed by atoms with E-state index in [4.69, 9.17) is 9.47 Å². The van der Waals surface area contributed by atoms with Crippen molar-refractivity contribution in [3.63, 3.8) is 0 Å². The molecule has 5 rings (SSSR count). The van der Waals surface area contributed by atoms with Gasteiger partial charge in [-0.15, -0.1) is 5.10 Å². The molecule has 9 heteroatoms. The fourth-order valence-corrected chi connectivity index (χ4v) is 4.30. The maximum absolute atomic E-state index is 11.7. The minimum Gasteiger partial charge on any atom is -0.489 e. The zero-order valence-corrected chi connectivity index (χ0v) is 22.0. The van der Waals surface area contributed by atoms with Crippen molar-refractivity contribution in [1.82, 2.24) is 15.0 Å². The van der Waals surface area contributed by atoms with Gasteiger partial charge >= 0.3 is 0 Å². The average Bonchev–Trinajstić information content (AvgIpc) is 3.53. The van der Waals surface area contributed by atoms with Crippen molar-refractivity contribution in [2.24, 2.45) is 0 Å². The van der Waals surface area contributed by atoms with E-state index >= 15 is 0 Å². The lowest BCUT2D eigenvalue weighted by Gasteiger charge is -2.11. The molecule has 1 aromatic heterocycles. The number of ether oxygens (including phenoxy) is 2. The summed E-state index contributed by atoms with van der Waals surface area (Å²) in [4.78, 5) is 22.7. The van der Waals surface area contributed by atoms with Gasteiger partial charge in [0.2, 0.25) is 0 Å². The van der Waals surface area contributed by atoms with Gasteiger partial charge in [0, 0.05) is 22.8 Å². The van der Waals surface area contributed by atoms with Gasteiger partial charge in [-0.2, -0.15) is 0 Å². The minimum absolute atomic E-state index is 0.0572. The number of hydrogen-bond donors (Lipinski definition) is 2. The van der Waals surface area contributed by atoms with Crippen molar-refractivity contribution in [3.8, 4) is 28.4 Å². The normalized spacial score (nSPS) is 10.8. The van der Waals surface area contributed by atoms with Gasteiger partial charge < -0.3 is 19.7 Å². The van der Waals surface area contributed by atoms with Gasteiger partial charge in [-0.25, -0.2) is 4.68 Å². The molecule has 4 aromatic carbocycles. The van der Waals surface area contributed by atoms with Gasteiger partial charge in [-0.05, 0) is 58.7 Å². The van der Waals surface area contributed by atoms with Gasteiger partial charge in [-0.1, -0.05) is 47.7 Å². The topological polar surface area (TPSA) is 124 Å². The minimum atomic E-state index is -0.199. The van der Waals surface area contributed by atoms with Crippen LogP contribution >= 0.6 is 0 Å². The summed E-state index contributed by atoms with van der Waals surface area (Å²) in [5, 5.41) is 27.7. The van der Waals surface area contributed by atoms with E-state index in [0.29, 0.717) is 45.1 Å². The number of carbonyl (C=O) groups excluding carboxylic acids is 2. The Labute approximate surface area is 236 Å². The van der Waals surface area contributed by atoms with Crippen LogP contribution in [0.2, 0.25) is 0 Å². The predicted molar refractivity (Wildman–Crippen MR) is 151 cm³/mol. The third-order valence-corrected chi connectivity index (χ3v) is 6.32.